The summed E-state index contributed by atoms with van der Waals surface area (Å²) in [6.45, 7) is 3.87. The molecule has 1 heterocycles. The summed E-state index contributed by atoms with van der Waals surface area (Å²) in [5.41, 5.74) is 1.26. The molecule has 1 fully saturated rings. The van der Waals surface area contributed by atoms with E-state index in [-0.39, 0.29) is 22.4 Å². The first kappa shape index (κ1) is 21.5. The van der Waals surface area contributed by atoms with Crippen molar-refractivity contribution in [3.8, 4) is 0 Å². The molecule has 0 bridgehead atoms. The summed E-state index contributed by atoms with van der Waals surface area (Å²) in [7, 11) is 0. The standard InChI is InChI=1S/C15H20ClNO.C6H6ClNO/c1-11(12-5-3-2-4-6-12)17-15(18)13-7-9-14(16)10-8-13;1-4-6(7)5(9)2-3-8-4/h7-12H,2-6H2,1H3,(H,17,18);2-3H,1H3,(H,8,9). The molecule has 27 heavy (non-hydrogen) atoms. The zero-order valence-corrected chi connectivity index (χ0v) is 17.2. The minimum absolute atomic E-state index is 0.00439. The van der Waals surface area contributed by atoms with Crippen LogP contribution >= 0.6 is 23.2 Å². The van der Waals surface area contributed by atoms with E-state index >= 15 is 0 Å². The highest BCUT2D eigenvalue weighted by Gasteiger charge is 2.21. The lowest BCUT2D eigenvalue weighted by molar-refractivity contribution is 0.0919. The quantitative estimate of drug-likeness (QED) is 0.716. The Hall–Kier alpha value is -1.78. The predicted octanol–water partition coefficient (Wildman–Crippen LogP) is 5.38. The number of benzene rings is 1. The van der Waals surface area contributed by atoms with Crippen LogP contribution in [0.15, 0.2) is 41.3 Å². The van der Waals surface area contributed by atoms with Crippen molar-refractivity contribution in [2.75, 3.05) is 0 Å². The lowest BCUT2D eigenvalue weighted by atomic mass is 9.84. The zero-order valence-electron chi connectivity index (χ0n) is 15.7. The average molecular weight is 409 g/mol. The molecule has 0 saturated heterocycles. The smallest absolute Gasteiger partial charge is 0.251 e. The molecule has 1 amide bonds. The number of rotatable bonds is 3. The molecule has 0 aliphatic heterocycles. The molecular weight excluding hydrogens is 383 g/mol. The molecule has 1 unspecified atom stereocenters. The van der Waals surface area contributed by atoms with Crippen molar-refractivity contribution in [1.82, 2.24) is 10.3 Å². The minimum Gasteiger partial charge on any atom is -0.364 e. The maximum Gasteiger partial charge on any atom is 0.251 e. The van der Waals surface area contributed by atoms with Gasteiger partial charge in [0.15, 0.2) is 5.43 Å². The van der Waals surface area contributed by atoms with Crippen LogP contribution in [-0.2, 0) is 0 Å². The summed E-state index contributed by atoms with van der Waals surface area (Å²) < 4.78 is 0. The molecule has 1 aromatic carbocycles. The van der Waals surface area contributed by atoms with Crippen LogP contribution in [0.1, 0.15) is 55.1 Å². The van der Waals surface area contributed by atoms with Crippen molar-refractivity contribution >= 4 is 29.1 Å². The Morgan fingerprint density at radius 3 is 2.30 bits per heavy atom. The number of H-pyrrole nitrogens is 1. The van der Waals surface area contributed by atoms with Gasteiger partial charge >= 0.3 is 0 Å². The summed E-state index contributed by atoms with van der Waals surface area (Å²) in [6.07, 6.45) is 7.99. The van der Waals surface area contributed by atoms with Crippen LogP contribution < -0.4 is 10.7 Å². The fraction of sp³-hybridized carbons (Fsp3) is 0.429. The monoisotopic (exact) mass is 408 g/mol. The molecule has 1 saturated carbocycles. The fourth-order valence-corrected chi connectivity index (χ4v) is 3.45. The van der Waals surface area contributed by atoms with Crippen LogP contribution in [0, 0.1) is 12.8 Å². The van der Waals surface area contributed by atoms with Gasteiger partial charge in [-0.2, -0.15) is 0 Å². The first-order chi connectivity index (χ1) is 12.9. The first-order valence-corrected chi connectivity index (χ1v) is 10.0. The van der Waals surface area contributed by atoms with E-state index in [0.717, 1.165) is 0 Å². The van der Waals surface area contributed by atoms with Gasteiger partial charge in [-0.05, 0) is 56.9 Å². The van der Waals surface area contributed by atoms with Crippen molar-refractivity contribution in [2.24, 2.45) is 5.92 Å². The average Bonchev–Trinajstić information content (AvgIpc) is 2.67. The Balaban J connectivity index is 0.000000244. The van der Waals surface area contributed by atoms with Crippen molar-refractivity contribution in [3.05, 3.63) is 68.1 Å². The molecule has 0 radical (unpaired) electrons. The Morgan fingerprint density at radius 1 is 1.11 bits per heavy atom. The Kier molecular flexibility index (Phi) is 8.39. The normalized spacial score (nSPS) is 15.4. The number of hydrogen-bond acceptors (Lipinski definition) is 2. The number of aryl methyl sites for hydroxylation is 1. The van der Waals surface area contributed by atoms with E-state index in [9.17, 15) is 9.59 Å². The summed E-state index contributed by atoms with van der Waals surface area (Å²) in [5, 5.41) is 4.04. The van der Waals surface area contributed by atoms with Crippen LogP contribution in [0.25, 0.3) is 0 Å². The van der Waals surface area contributed by atoms with Gasteiger partial charge in [-0.25, -0.2) is 0 Å². The number of amides is 1. The molecule has 1 aliphatic carbocycles. The third-order valence-corrected chi connectivity index (χ3v) is 5.62. The summed E-state index contributed by atoms with van der Waals surface area (Å²) >= 11 is 11.3. The molecular formula is C21H26Cl2N2O2. The fourth-order valence-electron chi connectivity index (χ4n) is 3.21. The van der Waals surface area contributed by atoms with Crippen LogP contribution in [0.2, 0.25) is 10.0 Å². The van der Waals surface area contributed by atoms with E-state index < -0.39 is 0 Å². The number of pyridine rings is 1. The Morgan fingerprint density at radius 2 is 1.74 bits per heavy atom. The topological polar surface area (TPSA) is 62.0 Å². The van der Waals surface area contributed by atoms with Gasteiger partial charge in [0, 0.05) is 34.6 Å². The van der Waals surface area contributed by atoms with E-state index in [4.69, 9.17) is 23.2 Å². The van der Waals surface area contributed by atoms with Gasteiger partial charge < -0.3 is 10.3 Å². The van der Waals surface area contributed by atoms with Crippen molar-refractivity contribution < 1.29 is 4.79 Å². The van der Waals surface area contributed by atoms with E-state index in [1.165, 1.54) is 38.2 Å². The predicted molar refractivity (Wildman–Crippen MR) is 112 cm³/mol. The first-order valence-electron chi connectivity index (χ1n) is 9.28. The third-order valence-electron chi connectivity index (χ3n) is 4.90. The molecule has 1 aromatic heterocycles. The molecule has 4 nitrogen and oxygen atoms in total. The largest absolute Gasteiger partial charge is 0.364 e. The van der Waals surface area contributed by atoms with Crippen LogP contribution in [-0.4, -0.2) is 16.9 Å². The molecule has 1 aliphatic rings. The number of nitrogens with one attached hydrogen (secondary N) is 2. The SMILES string of the molecule is CC(NC(=O)c1ccc(Cl)cc1)C1CCCCC1.Cc1[nH]ccc(=O)c1Cl. The second-order valence-electron chi connectivity index (χ2n) is 6.95. The third kappa shape index (κ3) is 6.71. The van der Waals surface area contributed by atoms with Crippen molar-refractivity contribution in [1.29, 1.82) is 0 Å². The molecule has 0 spiro atoms. The van der Waals surface area contributed by atoms with Crippen LogP contribution in [0.3, 0.4) is 0 Å². The number of hydrogen-bond donors (Lipinski definition) is 2. The van der Waals surface area contributed by atoms with E-state index in [1.54, 1.807) is 37.4 Å². The van der Waals surface area contributed by atoms with Crippen LogP contribution in [0.4, 0.5) is 0 Å². The number of carbonyl (C=O) groups excluding carboxylic acids is 1. The molecule has 1 atom stereocenters. The van der Waals surface area contributed by atoms with Crippen molar-refractivity contribution in [2.45, 2.75) is 52.0 Å². The summed E-state index contributed by atoms with van der Waals surface area (Å²) in [4.78, 5) is 25.6. The van der Waals surface area contributed by atoms with Crippen molar-refractivity contribution in [3.63, 3.8) is 0 Å². The van der Waals surface area contributed by atoms with Gasteiger partial charge in [-0.1, -0.05) is 42.5 Å². The maximum absolute atomic E-state index is 12.1. The maximum atomic E-state index is 12.1. The lowest BCUT2D eigenvalue weighted by Gasteiger charge is -2.28. The van der Waals surface area contributed by atoms with Crippen LogP contribution in [0.5, 0.6) is 0 Å². The number of aromatic amines is 1. The summed E-state index contributed by atoms with van der Waals surface area (Å²) in [6, 6.07) is 8.70. The minimum atomic E-state index is -0.132. The van der Waals surface area contributed by atoms with Gasteiger partial charge in [-0.3, -0.25) is 9.59 Å². The Labute approximate surface area is 170 Å². The highest BCUT2D eigenvalue weighted by atomic mass is 35.5. The number of aromatic nitrogens is 1. The number of carbonyl (C=O) groups is 1. The molecule has 146 valence electrons. The second kappa shape index (κ2) is 10.5. The van der Waals surface area contributed by atoms with Gasteiger partial charge in [0.2, 0.25) is 0 Å². The van der Waals surface area contributed by atoms with Gasteiger partial charge in [-0.15, -0.1) is 0 Å². The Bertz CT molecular complexity index is 797. The molecule has 3 rings (SSSR count). The second-order valence-corrected chi connectivity index (χ2v) is 7.76. The van der Waals surface area contributed by atoms with E-state index in [0.29, 0.717) is 22.2 Å². The van der Waals surface area contributed by atoms with E-state index in [2.05, 4.69) is 17.2 Å². The zero-order chi connectivity index (χ0) is 19.8. The lowest BCUT2D eigenvalue weighted by Crippen LogP contribution is -2.38. The van der Waals surface area contributed by atoms with Gasteiger partial charge in [0.05, 0.1) is 0 Å². The molecule has 6 heteroatoms. The summed E-state index contributed by atoms with van der Waals surface area (Å²) in [5.74, 6) is 0.639. The highest BCUT2D eigenvalue weighted by Crippen LogP contribution is 2.26. The molecule has 2 N–H and O–H groups in total. The molecule has 2 aromatic rings. The van der Waals surface area contributed by atoms with Gasteiger partial charge in [0.1, 0.15) is 5.02 Å². The number of halogens is 2. The van der Waals surface area contributed by atoms with E-state index in [1.807, 2.05) is 0 Å². The highest BCUT2D eigenvalue weighted by molar-refractivity contribution is 6.31. The van der Waals surface area contributed by atoms with Gasteiger partial charge in [0.25, 0.3) is 5.91 Å².